The van der Waals surface area contributed by atoms with Crippen molar-refractivity contribution in [1.82, 2.24) is 30.3 Å². The summed E-state index contributed by atoms with van der Waals surface area (Å²) in [6.07, 6.45) is 5.53. The number of imide groups is 2. The normalized spacial score (nSPS) is 23.4. The van der Waals surface area contributed by atoms with Gasteiger partial charge in [0.2, 0.25) is 17.8 Å². The van der Waals surface area contributed by atoms with Gasteiger partial charge in [-0.2, -0.15) is 4.98 Å². The van der Waals surface area contributed by atoms with Gasteiger partial charge < -0.3 is 30.9 Å². The number of nitrogens with one attached hydrogen (secondary N) is 2. The van der Waals surface area contributed by atoms with Gasteiger partial charge in [-0.3, -0.25) is 29.4 Å². The van der Waals surface area contributed by atoms with Crippen molar-refractivity contribution in [2.45, 2.75) is 69.6 Å². The highest BCUT2D eigenvalue weighted by Crippen LogP contribution is 2.34. The number of aliphatic hydroxyl groups excluding tert-OH is 1. The summed E-state index contributed by atoms with van der Waals surface area (Å²) in [4.78, 5) is 63.2. The van der Waals surface area contributed by atoms with E-state index in [1.165, 1.54) is 12.0 Å². The topological polar surface area (TPSA) is 190 Å². The number of hydrogen-bond acceptors (Lipinski definition) is 13. The van der Waals surface area contributed by atoms with Crippen LogP contribution in [0.5, 0.6) is 0 Å². The Morgan fingerprint density at radius 3 is 2.34 bits per heavy atom. The molecule has 5 aliphatic heterocycles. The highest BCUT2D eigenvalue weighted by molar-refractivity contribution is 6.23. The van der Waals surface area contributed by atoms with Gasteiger partial charge in [-0.05, 0) is 106 Å². The van der Waals surface area contributed by atoms with E-state index in [-0.39, 0.29) is 24.4 Å². The van der Waals surface area contributed by atoms with Gasteiger partial charge in [-0.25, -0.2) is 0 Å². The number of nitrogens with two attached hydrogens (primary N) is 1. The van der Waals surface area contributed by atoms with Crippen molar-refractivity contribution in [3.63, 3.8) is 0 Å². The summed E-state index contributed by atoms with van der Waals surface area (Å²) in [5, 5.41) is 24.1. The molecule has 0 radical (unpaired) electrons. The molecule has 2 aromatic carbocycles. The second kappa shape index (κ2) is 14.8. The van der Waals surface area contributed by atoms with Crippen molar-refractivity contribution in [3.8, 4) is 0 Å². The third-order valence-corrected chi connectivity index (χ3v) is 11.4. The molecule has 4 saturated heterocycles. The number of nitrogens with zero attached hydrogens (tertiary/aromatic N) is 7. The van der Waals surface area contributed by atoms with Gasteiger partial charge in [0.1, 0.15) is 11.7 Å². The van der Waals surface area contributed by atoms with Crippen LogP contribution in [0.15, 0.2) is 42.5 Å². The summed E-state index contributed by atoms with van der Waals surface area (Å²) in [6, 6.07) is 12.8. The molecule has 3 aromatic rings. The summed E-state index contributed by atoms with van der Waals surface area (Å²) in [5.74, 6) is -0.0229. The molecule has 15 nitrogen and oxygen atoms in total. The summed E-state index contributed by atoms with van der Waals surface area (Å²) < 4.78 is 0. The zero-order chi connectivity index (χ0) is 36.6. The summed E-state index contributed by atoms with van der Waals surface area (Å²) >= 11 is 0. The Labute approximate surface area is 307 Å². The first kappa shape index (κ1) is 35.1. The molecule has 15 heteroatoms. The van der Waals surface area contributed by atoms with Crippen molar-refractivity contribution >= 4 is 46.8 Å². The average Bonchev–Trinajstić information content (AvgIpc) is 3.74. The van der Waals surface area contributed by atoms with Crippen molar-refractivity contribution in [2.24, 2.45) is 11.7 Å². The fourth-order valence-corrected chi connectivity index (χ4v) is 8.51. The number of carbonyl (C=O) groups is 4. The van der Waals surface area contributed by atoms with E-state index in [4.69, 9.17) is 5.73 Å². The van der Waals surface area contributed by atoms with Gasteiger partial charge >= 0.3 is 0 Å². The smallest absolute Gasteiger partial charge is 0.262 e. The van der Waals surface area contributed by atoms with Gasteiger partial charge in [-0.15, -0.1) is 10.2 Å². The maximum Gasteiger partial charge on any atom is 0.262 e. The molecule has 3 unspecified atom stereocenters. The highest BCUT2D eigenvalue weighted by atomic mass is 16.3. The standard InChI is InChI=1S/C38H46N10O5/c39-33(50)32-34(42-38(44-43-32)46-15-2-1-3-16-46)40-26-6-4-24(5-7-26)25-13-17-45(18-14-25)21-23-12-19-47(22-23)27-8-9-28-29(20-27)37(53)48(36(28)52)30-10-11-31(49)41-35(30)51/h4-9,20,23,25,30,33,50H,1-3,10-19,21-22,39H2,(H,40,42,44)(H,41,49,51). The second-order valence-corrected chi connectivity index (χ2v) is 14.9. The number of fused-ring (bicyclic) bond motifs is 1. The largest absolute Gasteiger partial charge is 0.373 e. The SMILES string of the molecule is NC(O)c1nnc(N2CCCCC2)nc1Nc1ccc(C2CCN(CC3CCN(c4ccc5c(c4)C(=O)N(C4CCC(=O)NC4=O)C5=O)C3)CC2)cc1. The molecule has 4 amide bonds. The first-order valence-corrected chi connectivity index (χ1v) is 18.8. The van der Waals surface area contributed by atoms with Gasteiger partial charge in [0, 0.05) is 50.5 Å². The van der Waals surface area contributed by atoms with Crippen molar-refractivity contribution in [2.75, 3.05) is 60.9 Å². The number of benzene rings is 2. The van der Waals surface area contributed by atoms with Gasteiger partial charge in [0.15, 0.2) is 12.0 Å². The minimum Gasteiger partial charge on any atom is -0.373 e. The van der Waals surface area contributed by atoms with E-state index < -0.39 is 30.0 Å². The Hall–Kier alpha value is -4.99. The van der Waals surface area contributed by atoms with Crippen LogP contribution in [0.4, 0.5) is 23.1 Å². The number of hydrogen-bond donors (Lipinski definition) is 4. The summed E-state index contributed by atoms with van der Waals surface area (Å²) in [5.41, 5.74) is 9.67. The van der Waals surface area contributed by atoms with E-state index in [0.29, 0.717) is 34.7 Å². The maximum atomic E-state index is 13.3. The van der Waals surface area contributed by atoms with E-state index in [1.54, 1.807) is 12.1 Å². The van der Waals surface area contributed by atoms with Crippen LogP contribution in [0.2, 0.25) is 0 Å². The lowest BCUT2D eigenvalue weighted by Gasteiger charge is -2.34. The number of piperidine rings is 3. The average molecular weight is 723 g/mol. The van der Waals surface area contributed by atoms with Crippen molar-refractivity contribution in [1.29, 1.82) is 0 Å². The lowest BCUT2D eigenvalue weighted by molar-refractivity contribution is -0.136. The fourth-order valence-electron chi connectivity index (χ4n) is 8.51. The summed E-state index contributed by atoms with van der Waals surface area (Å²) in [7, 11) is 0. The van der Waals surface area contributed by atoms with Crippen molar-refractivity contribution < 1.29 is 24.3 Å². The van der Waals surface area contributed by atoms with E-state index in [2.05, 4.69) is 52.6 Å². The molecule has 0 bridgehead atoms. The number of anilines is 4. The summed E-state index contributed by atoms with van der Waals surface area (Å²) in [6.45, 7) is 6.58. The number of rotatable bonds is 9. The van der Waals surface area contributed by atoms with E-state index in [0.717, 1.165) is 94.2 Å². The third kappa shape index (κ3) is 7.20. The monoisotopic (exact) mass is 722 g/mol. The quantitative estimate of drug-likeness (QED) is 0.187. The molecule has 0 saturated carbocycles. The van der Waals surface area contributed by atoms with Crippen LogP contribution >= 0.6 is 0 Å². The molecule has 3 atom stereocenters. The molecule has 278 valence electrons. The molecule has 5 N–H and O–H groups in total. The molecule has 6 heterocycles. The predicted octanol–water partition coefficient (Wildman–Crippen LogP) is 2.66. The van der Waals surface area contributed by atoms with Crippen LogP contribution in [-0.2, 0) is 9.59 Å². The maximum absolute atomic E-state index is 13.3. The van der Waals surface area contributed by atoms with Gasteiger partial charge in [0.05, 0.1) is 11.1 Å². The molecule has 0 spiro atoms. The predicted molar refractivity (Wildman–Crippen MR) is 197 cm³/mol. The molecule has 8 rings (SSSR count). The molecule has 1 aromatic heterocycles. The Balaban J connectivity index is 0.834. The molecule has 53 heavy (non-hydrogen) atoms. The van der Waals surface area contributed by atoms with E-state index in [9.17, 15) is 24.3 Å². The lowest BCUT2D eigenvalue weighted by Crippen LogP contribution is -2.54. The van der Waals surface area contributed by atoms with E-state index >= 15 is 0 Å². The van der Waals surface area contributed by atoms with Crippen LogP contribution in [0.1, 0.15) is 95.5 Å². The van der Waals surface area contributed by atoms with Crippen LogP contribution in [0.25, 0.3) is 0 Å². The first-order valence-electron chi connectivity index (χ1n) is 18.8. The van der Waals surface area contributed by atoms with Crippen LogP contribution in [-0.4, -0.2) is 106 Å². The zero-order valence-electron chi connectivity index (χ0n) is 29.7. The van der Waals surface area contributed by atoms with Gasteiger partial charge in [0.25, 0.3) is 11.8 Å². The molecular weight excluding hydrogens is 676 g/mol. The molecule has 4 fully saturated rings. The molecule has 5 aliphatic rings. The Morgan fingerprint density at radius 1 is 0.849 bits per heavy atom. The zero-order valence-corrected chi connectivity index (χ0v) is 29.7. The van der Waals surface area contributed by atoms with Crippen LogP contribution in [0.3, 0.4) is 0 Å². The molecule has 0 aliphatic carbocycles. The third-order valence-electron chi connectivity index (χ3n) is 11.4. The number of aliphatic hydroxyl groups is 1. The molecular formula is C38H46N10O5. The first-order chi connectivity index (χ1) is 25.7. The Kier molecular flexibility index (Phi) is 9.79. The number of amides is 4. The number of carbonyl (C=O) groups excluding carboxylic acids is 4. The highest BCUT2D eigenvalue weighted by Gasteiger charge is 2.45. The lowest BCUT2D eigenvalue weighted by atomic mass is 9.89. The number of aromatic nitrogens is 3. The van der Waals surface area contributed by atoms with Crippen LogP contribution < -0.4 is 26.2 Å². The minimum absolute atomic E-state index is 0.0973. The second-order valence-electron chi connectivity index (χ2n) is 14.9. The minimum atomic E-state index is -1.29. The Morgan fingerprint density at radius 2 is 1.60 bits per heavy atom. The van der Waals surface area contributed by atoms with Crippen LogP contribution in [0, 0.1) is 5.92 Å². The fraction of sp³-hybridized carbons (Fsp3) is 0.500. The van der Waals surface area contributed by atoms with Crippen molar-refractivity contribution in [3.05, 3.63) is 64.8 Å². The Bertz CT molecular complexity index is 1890. The van der Waals surface area contributed by atoms with E-state index in [1.807, 2.05) is 18.2 Å². The number of likely N-dealkylation sites (tertiary alicyclic amines) is 1. The van der Waals surface area contributed by atoms with Gasteiger partial charge in [-0.1, -0.05) is 12.1 Å².